The van der Waals surface area contributed by atoms with Gasteiger partial charge < -0.3 is 19.7 Å². The molecule has 0 heterocycles. The van der Waals surface area contributed by atoms with Crippen LogP contribution < -0.4 is 0 Å². The van der Waals surface area contributed by atoms with Crippen molar-refractivity contribution in [3.05, 3.63) is 96.1 Å². The van der Waals surface area contributed by atoms with E-state index in [1.165, 1.54) is 16.3 Å². The molecular formula is C26H26O6. The number of carbonyl (C=O) groups is 2. The molecule has 3 rings (SSSR count). The van der Waals surface area contributed by atoms with Crippen LogP contribution >= 0.6 is 0 Å². The number of aliphatic carboxylic acids is 1. The van der Waals surface area contributed by atoms with Crippen molar-refractivity contribution in [3.63, 3.8) is 0 Å². The number of fused-ring (bicyclic) bond motifs is 1. The lowest BCUT2D eigenvalue weighted by atomic mass is 10.0. The zero-order chi connectivity index (χ0) is 22.8. The Hall–Kier alpha value is -3.48. The second-order valence-corrected chi connectivity index (χ2v) is 7.32. The lowest BCUT2D eigenvalue weighted by molar-refractivity contribution is -0.174. The maximum Gasteiger partial charge on any atom is 0.338 e. The third-order valence-corrected chi connectivity index (χ3v) is 4.95. The molecule has 0 amide bonds. The largest absolute Gasteiger partial charge is 0.479 e. The van der Waals surface area contributed by atoms with E-state index >= 15 is 0 Å². The molecule has 166 valence electrons. The molecule has 0 aliphatic rings. The molecule has 0 saturated carbocycles. The van der Waals surface area contributed by atoms with Crippen molar-refractivity contribution in [2.75, 3.05) is 6.61 Å². The van der Waals surface area contributed by atoms with Crippen molar-refractivity contribution in [1.82, 2.24) is 0 Å². The first-order valence-electron chi connectivity index (χ1n) is 10.4. The van der Waals surface area contributed by atoms with Crippen LogP contribution in [0.1, 0.15) is 17.5 Å². The van der Waals surface area contributed by atoms with Gasteiger partial charge in [0.05, 0.1) is 6.61 Å². The standard InChI is InChI=1S/C26H26O6/c27-23(26(30)32-18-20-10-3-1-4-11-20)24(25(28)29)31-16-8-2-5-9-19-14-15-21-12-6-7-13-22(21)17-19/h1-4,6-8,10-15,17,23-24,27H,5,9,16,18H2,(H,28,29)/b8-2+/t23-,24-/m1/s1. The van der Waals surface area contributed by atoms with Gasteiger partial charge in [0.15, 0.2) is 12.2 Å². The minimum absolute atomic E-state index is 0.0439. The molecule has 6 heteroatoms. The fourth-order valence-electron chi connectivity index (χ4n) is 3.22. The highest BCUT2D eigenvalue weighted by Gasteiger charge is 2.34. The number of allylic oxidation sites excluding steroid dienone is 1. The summed E-state index contributed by atoms with van der Waals surface area (Å²) >= 11 is 0. The van der Waals surface area contributed by atoms with Gasteiger partial charge in [0.1, 0.15) is 6.61 Å². The zero-order valence-electron chi connectivity index (χ0n) is 17.6. The van der Waals surface area contributed by atoms with Crippen molar-refractivity contribution in [2.24, 2.45) is 0 Å². The summed E-state index contributed by atoms with van der Waals surface area (Å²) in [5.74, 6) is -2.47. The molecule has 32 heavy (non-hydrogen) atoms. The molecule has 0 saturated heterocycles. The van der Waals surface area contributed by atoms with Gasteiger partial charge in [-0.1, -0.05) is 84.9 Å². The van der Waals surface area contributed by atoms with E-state index in [0.29, 0.717) is 0 Å². The first-order valence-corrected chi connectivity index (χ1v) is 10.4. The van der Waals surface area contributed by atoms with Gasteiger partial charge >= 0.3 is 11.9 Å². The third-order valence-electron chi connectivity index (χ3n) is 4.95. The quantitative estimate of drug-likeness (QED) is 0.351. The van der Waals surface area contributed by atoms with E-state index in [2.05, 4.69) is 30.3 Å². The molecule has 0 aliphatic heterocycles. The zero-order valence-corrected chi connectivity index (χ0v) is 17.6. The Morgan fingerprint density at radius 1 is 0.875 bits per heavy atom. The van der Waals surface area contributed by atoms with E-state index < -0.39 is 24.1 Å². The molecule has 3 aromatic carbocycles. The second-order valence-electron chi connectivity index (χ2n) is 7.32. The summed E-state index contributed by atoms with van der Waals surface area (Å²) < 4.78 is 10.2. The fourth-order valence-corrected chi connectivity index (χ4v) is 3.22. The van der Waals surface area contributed by atoms with Crippen molar-refractivity contribution in [3.8, 4) is 0 Å². The van der Waals surface area contributed by atoms with E-state index in [-0.39, 0.29) is 13.2 Å². The lowest BCUT2D eigenvalue weighted by Crippen LogP contribution is -2.42. The SMILES string of the molecule is O=C(OCc1ccccc1)[C@H](O)[C@@H](OC/C=C/CCc1ccc2ccccc2c1)C(=O)O. The second kappa shape index (κ2) is 11.8. The first kappa shape index (κ1) is 23.2. The average Bonchev–Trinajstić information content (AvgIpc) is 2.82. The number of aryl methyl sites for hydroxylation is 1. The summed E-state index contributed by atoms with van der Waals surface area (Å²) in [6, 6.07) is 23.4. The molecular weight excluding hydrogens is 408 g/mol. The van der Waals surface area contributed by atoms with Crippen LogP contribution in [0.15, 0.2) is 84.9 Å². The highest BCUT2D eigenvalue weighted by Crippen LogP contribution is 2.16. The Balaban J connectivity index is 1.43. The number of hydrogen-bond acceptors (Lipinski definition) is 5. The monoisotopic (exact) mass is 434 g/mol. The number of aliphatic hydroxyl groups excluding tert-OH is 1. The van der Waals surface area contributed by atoms with Crippen LogP contribution in [0.5, 0.6) is 0 Å². The van der Waals surface area contributed by atoms with Gasteiger partial charge in [-0.15, -0.1) is 0 Å². The van der Waals surface area contributed by atoms with Crippen LogP contribution in [0.3, 0.4) is 0 Å². The lowest BCUT2D eigenvalue weighted by Gasteiger charge is -2.18. The minimum Gasteiger partial charge on any atom is -0.479 e. The van der Waals surface area contributed by atoms with Gasteiger partial charge in [0.2, 0.25) is 0 Å². The Bertz CT molecular complexity index is 1060. The number of hydrogen-bond donors (Lipinski definition) is 2. The Morgan fingerprint density at radius 3 is 2.34 bits per heavy atom. The van der Waals surface area contributed by atoms with Gasteiger partial charge in [-0.05, 0) is 34.7 Å². The summed E-state index contributed by atoms with van der Waals surface area (Å²) in [6.07, 6.45) is 1.53. The molecule has 2 N–H and O–H groups in total. The van der Waals surface area contributed by atoms with Crippen LogP contribution in [0, 0.1) is 0 Å². The maximum absolute atomic E-state index is 12.0. The van der Waals surface area contributed by atoms with Crippen molar-refractivity contribution < 1.29 is 29.3 Å². The highest BCUT2D eigenvalue weighted by molar-refractivity contribution is 5.84. The summed E-state index contributed by atoms with van der Waals surface area (Å²) in [5, 5.41) is 21.7. The van der Waals surface area contributed by atoms with Crippen molar-refractivity contribution >= 4 is 22.7 Å². The van der Waals surface area contributed by atoms with Gasteiger partial charge in [-0.25, -0.2) is 9.59 Å². The molecule has 6 nitrogen and oxygen atoms in total. The van der Waals surface area contributed by atoms with E-state index in [1.807, 2.05) is 24.3 Å². The van der Waals surface area contributed by atoms with E-state index in [9.17, 15) is 19.8 Å². The number of benzene rings is 3. The van der Waals surface area contributed by atoms with Crippen molar-refractivity contribution in [1.29, 1.82) is 0 Å². The minimum atomic E-state index is -1.91. The smallest absolute Gasteiger partial charge is 0.338 e. The first-order chi connectivity index (χ1) is 15.5. The fraction of sp³-hybridized carbons (Fsp3) is 0.231. The molecule has 0 fully saturated rings. The molecule has 3 aromatic rings. The number of carbonyl (C=O) groups excluding carboxylic acids is 1. The normalized spacial score (nSPS) is 13.2. The molecule has 0 bridgehead atoms. The molecule has 0 unspecified atom stereocenters. The van der Waals surface area contributed by atoms with E-state index in [4.69, 9.17) is 9.47 Å². The predicted octanol–water partition coefficient (Wildman–Crippen LogP) is 3.90. The average molecular weight is 434 g/mol. The number of rotatable bonds is 11. The number of aliphatic hydroxyl groups is 1. The third kappa shape index (κ3) is 6.77. The molecule has 0 radical (unpaired) electrons. The number of carboxylic acid groups (broad SMARTS) is 1. The number of ether oxygens (including phenoxy) is 2. The van der Waals surface area contributed by atoms with Crippen LogP contribution in [0.4, 0.5) is 0 Å². The maximum atomic E-state index is 12.0. The summed E-state index contributed by atoms with van der Waals surface area (Å²) in [5.41, 5.74) is 1.93. The predicted molar refractivity (Wildman–Crippen MR) is 121 cm³/mol. The summed E-state index contributed by atoms with van der Waals surface area (Å²) in [4.78, 5) is 23.4. The van der Waals surface area contributed by atoms with E-state index in [1.54, 1.807) is 30.3 Å². The molecule has 0 spiro atoms. The molecule has 2 atom stereocenters. The van der Waals surface area contributed by atoms with Crippen LogP contribution in [0.25, 0.3) is 10.8 Å². The van der Waals surface area contributed by atoms with Gasteiger partial charge in [-0.2, -0.15) is 0 Å². The number of carboxylic acids is 1. The molecule has 0 aromatic heterocycles. The van der Waals surface area contributed by atoms with Crippen LogP contribution in [0.2, 0.25) is 0 Å². The summed E-state index contributed by atoms with van der Waals surface area (Å²) in [7, 11) is 0. The highest BCUT2D eigenvalue weighted by atomic mass is 16.6. The van der Waals surface area contributed by atoms with Gasteiger partial charge in [0.25, 0.3) is 0 Å². The Morgan fingerprint density at radius 2 is 1.59 bits per heavy atom. The summed E-state index contributed by atoms with van der Waals surface area (Å²) in [6.45, 7) is -0.102. The van der Waals surface area contributed by atoms with E-state index in [0.717, 1.165) is 18.4 Å². The number of esters is 1. The topological polar surface area (TPSA) is 93.1 Å². The molecule has 0 aliphatic carbocycles. The van der Waals surface area contributed by atoms with Gasteiger partial charge in [-0.3, -0.25) is 0 Å². The van der Waals surface area contributed by atoms with Crippen LogP contribution in [-0.4, -0.2) is 41.0 Å². The Kier molecular flexibility index (Phi) is 8.54. The van der Waals surface area contributed by atoms with Gasteiger partial charge in [0, 0.05) is 0 Å². The van der Waals surface area contributed by atoms with Crippen molar-refractivity contribution in [2.45, 2.75) is 31.7 Å². The Labute approximate surface area is 186 Å². The van der Waals surface area contributed by atoms with Crippen LogP contribution in [-0.2, 0) is 32.1 Å².